The van der Waals surface area contributed by atoms with E-state index in [1.165, 1.54) is 24.8 Å². The van der Waals surface area contributed by atoms with Crippen LogP contribution in [0.15, 0.2) is 42.5 Å². The summed E-state index contributed by atoms with van der Waals surface area (Å²) in [6.07, 6.45) is 1.17. The molecule has 2 rings (SSSR count). The van der Waals surface area contributed by atoms with E-state index >= 15 is 0 Å². The first-order valence-corrected chi connectivity index (χ1v) is 6.68. The smallest absolute Gasteiger partial charge is 0.316 e. The third-order valence-corrected chi connectivity index (χ3v) is 3.51. The number of ether oxygens (including phenoxy) is 1. The summed E-state index contributed by atoms with van der Waals surface area (Å²) in [4.78, 5) is 23.0. The summed E-state index contributed by atoms with van der Waals surface area (Å²) in [6.45, 7) is 1.43. The van der Waals surface area contributed by atoms with Gasteiger partial charge in [0.1, 0.15) is 11.7 Å². The number of fused-ring (bicyclic) bond motifs is 1. The molecule has 2 aromatic carbocycles. The standard InChI is InChI=1S/C17H18O3/c1-12(18)16(17(19)20-2)10-8-13-7-9-14-5-3-4-6-15(14)11-13/h3-7,9,11,16H,8,10H2,1-2H3. The highest BCUT2D eigenvalue weighted by Crippen LogP contribution is 2.18. The Morgan fingerprint density at radius 3 is 2.45 bits per heavy atom. The van der Waals surface area contributed by atoms with Crippen LogP contribution in [0, 0.1) is 5.92 Å². The molecule has 1 unspecified atom stereocenters. The maximum atomic E-state index is 11.5. The summed E-state index contributed by atoms with van der Waals surface area (Å²) in [5, 5.41) is 2.36. The van der Waals surface area contributed by atoms with E-state index in [4.69, 9.17) is 0 Å². The van der Waals surface area contributed by atoms with Gasteiger partial charge in [0.15, 0.2) is 0 Å². The second-order valence-electron chi connectivity index (χ2n) is 4.91. The molecule has 3 heteroatoms. The van der Waals surface area contributed by atoms with Gasteiger partial charge in [-0.25, -0.2) is 0 Å². The van der Waals surface area contributed by atoms with Crippen molar-refractivity contribution in [3.8, 4) is 0 Å². The van der Waals surface area contributed by atoms with Gasteiger partial charge in [0.2, 0.25) is 0 Å². The van der Waals surface area contributed by atoms with Crippen molar-refractivity contribution in [3.63, 3.8) is 0 Å². The number of methoxy groups -OCH3 is 1. The summed E-state index contributed by atoms with van der Waals surface area (Å²) in [5.74, 6) is -1.25. The molecule has 20 heavy (non-hydrogen) atoms. The molecule has 0 aliphatic rings. The van der Waals surface area contributed by atoms with E-state index in [-0.39, 0.29) is 5.78 Å². The minimum absolute atomic E-state index is 0.141. The summed E-state index contributed by atoms with van der Waals surface area (Å²) in [7, 11) is 1.31. The van der Waals surface area contributed by atoms with E-state index < -0.39 is 11.9 Å². The first kappa shape index (κ1) is 14.3. The van der Waals surface area contributed by atoms with Gasteiger partial charge in [-0.1, -0.05) is 42.5 Å². The highest BCUT2D eigenvalue weighted by Gasteiger charge is 2.23. The third-order valence-electron chi connectivity index (χ3n) is 3.51. The predicted molar refractivity (Wildman–Crippen MR) is 78.5 cm³/mol. The number of Topliss-reactive ketones (excluding diaryl/α,β-unsaturated/α-hetero) is 1. The van der Waals surface area contributed by atoms with Crippen molar-refractivity contribution >= 4 is 22.5 Å². The van der Waals surface area contributed by atoms with Crippen LogP contribution in [0.3, 0.4) is 0 Å². The van der Waals surface area contributed by atoms with Crippen molar-refractivity contribution < 1.29 is 14.3 Å². The molecule has 0 radical (unpaired) electrons. The number of hydrogen-bond acceptors (Lipinski definition) is 3. The summed E-state index contributed by atoms with van der Waals surface area (Å²) in [6, 6.07) is 14.3. The van der Waals surface area contributed by atoms with Crippen LogP contribution in [0.2, 0.25) is 0 Å². The molecule has 0 aliphatic heterocycles. The quantitative estimate of drug-likeness (QED) is 0.619. The second-order valence-corrected chi connectivity index (χ2v) is 4.91. The first-order valence-electron chi connectivity index (χ1n) is 6.68. The molecule has 3 nitrogen and oxygen atoms in total. The lowest BCUT2D eigenvalue weighted by Crippen LogP contribution is -2.23. The minimum atomic E-state index is -0.661. The Morgan fingerprint density at radius 2 is 1.80 bits per heavy atom. The van der Waals surface area contributed by atoms with Crippen LogP contribution in [-0.4, -0.2) is 18.9 Å². The zero-order chi connectivity index (χ0) is 14.5. The highest BCUT2D eigenvalue weighted by atomic mass is 16.5. The van der Waals surface area contributed by atoms with Crippen LogP contribution in [0.1, 0.15) is 18.9 Å². The average molecular weight is 270 g/mol. The van der Waals surface area contributed by atoms with Crippen LogP contribution in [0.5, 0.6) is 0 Å². The molecule has 0 aliphatic carbocycles. The topological polar surface area (TPSA) is 43.4 Å². The van der Waals surface area contributed by atoms with Crippen molar-refractivity contribution in [3.05, 3.63) is 48.0 Å². The Labute approximate surface area is 118 Å². The van der Waals surface area contributed by atoms with E-state index in [2.05, 4.69) is 29.0 Å². The van der Waals surface area contributed by atoms with Crippen LogP contribution >= 0.6 is 0 Å². The molecule has 0 bridgehead atoms. The van der Waals surface area contributed by atoms with Gasteiger partial charge in [0.25, 0.3) is 0 Å². The molecular weight excluding hydrogens is 252 g/mol. The van der Waals surface area contributed by atoms with Gasteiger partial charge in [-0.3, -0.25) is 9.59 Å². The van der Waals surface area contributed by atoms with E-state index in [9.17, 15) is 9.59 Å². The fourth-order valence-electron chi connectivity index (χ4n) is 2.33. The van der Waals surface area contributed by atoms with Crippen molar-refractivity contribution in [2.45, 2.75) is 19.8 Å². The SMILES string of the molecule is COC(=O)C(CCc1ccc2ccccc2c1)C(C)=O. The number of carbonyl (C=O) groups excluding carboxylic acids is 2. The number of ketones is 1. The fourth-order valence-corrected chi connectivity index (χ4v) is 2.33. The molecular formula is C17H18O3. The van der Waals surface area contributed by atoms with E-state index in [1.807, 2.05) is 18.2 Å². The zero-order valence-electron chi connectivity index (χ0n) is 11.8. The molecule has 0 amide bonds. The lowest BCUT2D eigenvalue weighted by Gasteiger charge is -2.11. The molecule has 1 atom stereocenters. The summed E-state index contributed by atoms with van der Waals surface area (Å²) >= 11 is 0. The first-order chi connectivity index (χ1) is 9.61. The van der Waals surface area contributed by atoms with Gasteiger partial charge in [-0.15, -0.1) is 0 Å². The van der Waals surface area contributed by atoms with E-state index in [1.54, 1.807) is 0 Å². The maximum absolute atomic E-state index is 11.5. The van der Waals surface area contributed by atoms with Gasteiger partial charge in [-0.05, 0) is 36.1 Å². The molecule has 0 heterocycles. The van der Waals surface area contributed by atoms with Crippen LogP contribution in [0.25, 0.3) is 10.8 Å². The number of carbonyl (C=O) groups is 2. The van der Waals surface area contributed by atoms with Crippen LogP contribution < -0.4 is 0 Å². The van der Waals surface area contributed by atoms with Gasteiger partial charge in [-0.2, -0.15) is 0 Å². The normalized spacial score (nSPS) is 12.1. The second kappa shape index (κ2) is 6.33. The Kier molecular flexibility index (Phi) is 4.51. The fraction of sp³-hybridized carbons (Fsp3) is 0.294. The zero-order valence-corrected chi connectivity index (χ0v) is 11.8. The predicted octanol–water partition coefficient (Wildman–Crippen LogP) is 3.15. The molecule has 104 valence electrons. The lowest BCUT2D eigenvalue weighted by molar-refractivity contribution is -0.149. The maximum Gasteiger partial charge on any atom is 0.316 e. The highest BCUT2D eigenvalue weighted by molar-refractivity contribution is 5.97. The van der Waals surface area contributed by atoms with Crippen molar-refractivity contribution in [1.82, 2.24) is 0 Å². The minimum Gasteiger partial charge on any atom is -0.468 e. The van der Waals surface area contributed by atoms with Crippen molar-refractivity contribution in [2.75, 3.05) is 7.11 Å². The number of aryl methyl sites for hydroxylation is 1. The molecule has 0 saturated heterocycles. The summed E-state index contributed by atoms with van der Waals surface area (Å²) < 4.78 is 4.67. The number of rotatable bonds is 5. The molecule has 0 fully saturated rings. The van der Waals surface area contributed by atoms with E-state index in [0.717, 1.165) is 5.56 Å². The molecule has 0 spiro atoms. The van der Waals surface area contributed by atoms with Crippen LogP contribution in [0.4, 0.5) is 0 Å². The van der Waals surface area contributed by atoms with Gasteiger partial charge in [0, 0.05) is 0 Å². The Bertz CT molecular complexity index is 631. The summed E-state index contributed by atoms with van der Waals surface area (Å²) in [5.41, 5.74) is 1.12. The van der Waals surface area contributed by atoms with Gasteiger partial charge in [0.05, 0.1) is 7.11 Å². The average Bonchev–Trinajstić information content (AvgIpc) is 2.46. The van der Waals surface area contributed by atoms with Gasteiger partial charge >= 0.3 is 5.97 Å². The number of benzene rings is 2. The molecule has 0 aromatic heterocycles. The molecule has 0 N–H and O–H groups in total. The largest absolute Gasteiger partial charge is 0.468 e. The number of hydrogen-bond donors (Lipinski definition) is 0. The molecule has 0 saturated carbocycles. The van der Waals surface area contributed by atoms with Crippen molar-refractivity contribution in [1.29, 1.82) is 0 Å². The third kappa shape index (κ3) is 3.23. The Hall–Kier alpha value is -2.16. The monoisotopic (exact) mass is 270 g/mol. The van der Waals surface area contributed by atoms with Gasteiger partial charge < -0.3 is 4.74 Å². The Morgan fingerprint density at radius 1 is 1.10 bits per heavy atom. The lowest BCUT2D eigenvalue weighted by atomic mass is 9.95. The van der Waals surface area contributed by atoms with Crippen molar-refractivity contribution in [2.24, 2.45) is 5.92 Å². The number of esters is 1. The van der Waals surface area contributed by atoms with E-state index in [0.29, 0.717) is 12.8 Å². The molecule has 2 aromatic rings. The Balaban J connectivity index is 2.11. The van der Waals surface area contributed by atoms with Crippen LogP contribution in [-0.2, 0) is 20.7 Å².